The molecule has 104 valence electrons. The molecule has 0 amide bonds. The van der Waals surface area contributed by atoms with E-state index in [4.69, 9.17) is 0 Å². The zero-order chi connectivity index (χ0) is 13.3. The van der Waals surface area contributed by atoms with Crippen LogP contribution in [0.2, 0.25) is 0 Å². The van der Waals surface area contributed by atoms with Crippen LogP contribution in [-0.2, 0) is 16.4 Å². The minimum Gasteiger partial charge on any atom is -0.207 e. The van der Waals surface area contributed by atoms with Gasteiger partial charge in [-0.2, -0.15) is 4.31 Å². The SMILES string of the molecule is O=S(=O)(c1ccc2c(c1)CCCS2)N1CCCCC1. The Labute approximate surface area is 119 Å². The summed E-state index contributed by atoms with van der Waals surface area (Å²) >= 11 is 1.84. The second kappa shape index (κ2) is 5.46. The van der Waals surface area contributed by atoms with Gasteiger partial charge in [-0.3, -0.25) is 0 Å². The third-order valence-electron chi connectivity index (χ3n) is 3.83. The molecule has 0 N–H and O–H groups in total. The van der Waals surface area contributed by atoms with Crippen LogP contribution in [0.25, 0.3) is 0 Å². The van der Waals surface area contributed by atoms with E-state index in [0.717, 1.165) is 37.9 Å². The molecule has 1 saturated heterocycles. The zero-order valence-corrected chi connectivity index (χ0v) is 12.6. The molecule has 19 heavy (non-hydrogen) atoms. The van der Waals surface area contributed by atoms with Gasteiger partial charge < -0.3 is 0 Å². The monoisotopic (exact) mass is 297 g/mol. The summed E-state index contributed by atoms with van der Waals surface area (Å²) in [5.41, 5.74) is 1.20. The number of sulfonamides is 1. The molecule has 0 bridgehead atoms. The molecule has 3 rings (SSSR count). The van der Waals surface area contributed by atoms with Crippen LogP contribution in [-0.4, -0.2) is 31.6 Å². The van der Waals surface area contributed by atoms with Crippen molar-refractivity contribution in [1.29, 1.82) is 0 Å². The molecule has 1 aromatic carbocycles. The van der Waals surface area contributed by atoms with E-state index in [-0.39, 0.29) is 0 Å². The molecule has 3 nitrogen and oxygen atoms in total. The van der Waals surface area contributed by atoms with Gasteiger partial charge in [-0.15, -0.1) is 11.8 Å². The molecular formula is C14H19NO2S2. The minimum absolute atomic E-state index is 0.482. The molecule has 0 spiro atoms. The van der Waals surface area contributed by atoms with Gasteiger partial charge in [0.05, 0.1) is 4.90 Å². The Morgan fingerprint density at radius 3 is 2.63 bits per heavy atom. The van der Waals surface area contributed by atoms with Gasteiger partial charge in [0, 0.05) is 18.0 Å². The third kappa shape index (κ3) is 2.69. The van der Waals surface area contributed by atoms with Gasteiger partial charge in [0.25, 0.3) is 0 Å². The second-order valence-electron chi connectivity index (χ2n) is 5.19. The molecule has 0 saturated carbocycles. The molecule has 1 fully saturated rings. The predicted octanol–water partition coefficient (Wildman–Crippen LogP) is 2.90. The fourth-order valence-corrected chi connectivity index (χ4v) is 5.34. The smallest absolute Gasteiger partial charge is 0.207 e. The van der Waals surface area contributed by atoms with E-state index in [1.165, 1.54) is 10.5 Å². The normalized spacial score (nSPS) is 21.1. The largest absolute Gasteiger partial charge is 0.243 e. The first-order valence-electron chi connectivity index (χ1n) is 6.94. The number of fused-ring (bicyclic) bond motifs is 1. The second-order valence-corrected chi connectivity index (χ2v) is 8.26. The Bertz CT molecular complexity index is 563. The number of piperidine rings is 1. The lowest BCUT2D eigenvalue weighted by atomic mass is 10.1. The molecule has 0 unspecified atom stereocenters. The summed E-state index contributed by atoms with van der Waals surface area (Å²) in [7, 11) is -3.27. The Morgan fingerprint density at radius 1 is 1.05 bits per heavy atom. The van der Waals surface area contributed by atoms with Crippen LogP contribution < -0.4 is 0 Å². The van der Waals surface area contributed by atoms with Crippen molar-refractivity contribution >= 4 is 21.8 Å². The molecule has 0 aromatic heterocycles. The predicted molar refractivity (Wildman–Crippen MR) is 78.1 cm³/mol. The maximum Gasteiger partial charge on any atom is 0.243 e. The first-order chi connectivity index (χ1) is 9.18. The van der Waals surface area contributed by atoms with Crippen molar-refractivity contribution < 1.29 is 8.42 Å². The maximum atomic E-state index is 12.6. The van der Waals surface area contributed by atoms with Crippen molar-refractivity contribution in [2.24, 2.45) is 0 Å². The number of nitrogens with zero attached hydrogens (tertiary/aromatic N) is 1. The fourth-order valence-electron chi connectivity index (χ4n) is 2.75. The van der Waals surface area contributed by atoms with E-state index in [2.05, 4.69) is 0 Å². The van der Waals surface area contributed by atoms with Gasteiger partial charge in [-0.05, 0) is 55.2 Å². The highest BCUT2D eigenvalue weighted by molar-refractivity contribution is 7.99. The van der Waals surface area contributed by atoms with Crippen LogP contribution in [0, 0.1) is 0 Å². The molecule has 0 radical (unpaired) electrons. The summed E-state index contributed by atoms with van der Waals surface area (Å²) in [6.07, 6.45) is 5.27. The van der Waals surface area contributed by atoms with E-state index < -0.39 is 10.0 Å². The third-order valence-corrected chi connectivity index (χ3v) is 6.93. The summed E-state index contributed by atoms with van der Waals surface area (Å²) in [5, 5.41) is 0. The van der Waals surface area contributed by atoms with Crippen LogP contribution in [0.1, 0.15) is 31.2 Å². The molecule has 0 aliphatic carbocycles. The van der Waals surface area contributed by atoms with Crippen LogP contribution in [0.15, 0.2) is 28.0 Å². The maximum absolute atomic E-state index is 12.6. The Morgan fingerprint density at radius 2 is 1.84 bits per heavy atom. The van der Waals surface area contributed by atoms with Gasteiger partial charge in [-0.25, -0.2) is 8.42 Å². The van der Waals surface area contributed by atoms with E-state index >= 15 is 0 Å². The quantitative estimate of drug-likeness (QED) is 0.842. The first-order valence-corrected chi connectivity index (χ1v) is 9.36. The number of rotatable bonds is 2. The number of aryl methyl sites for hydroxylation is 1. The van der Waals surface area contributed by atoms with Crippen molar-refractivity contribution in [1.82, 2.24) is 4.31 Å². The van der Waals surface area contributed by atoms with E-state index in [0.29, 0.717) is 18.0 Å². The molecule has 5 heteroatoms. The van der Waals surface area contributed by atoms with Gasteiger partial charge >= 0.3 is 0 Å². The van der Waals surface area contributed by atoms with Crippen molar-refractivity contribution in [3.8, 4) is 0 Å². The Kier molecular flexibility index (Phi) is 3.87. The van der Waals surface area contributed by atoms with Crippen LogP contribution in [0.4, 0.5) is 0 Å². The molecular weight excluding hydrogens is 278 g/mol. The molecule has 2 aliphatic rings. The Hall–Kier alpha value is -0.520. The van der Waals surface area contributed by atoms with Crippen LogP contribution >= 0.6 is 11.8 Å². The highest BCUT2D eigenvalue weighted by Crippen LogP contribution is 2.32. The summed E-state index contributed by atoms with van der Waals surface area (Å²) in [6.45, 7) is 1.35. The topological polar surface area (TPSA) is 37.4 Å². The van der Waals surface area contributed by atoms with Crippen molar-refractivity contribution in [2.45, 2.75) is 41.9 Å². The van der Waals surface area contributed by atoms with E-state index in [9.17, 15) is 8.42 Å². The lowest BCUT2D eigenvalue weighted by Crippen LogP contribution is -2.35. The van der Waals surface area contributed by atoms with Gasteiger partial charge in [0.2, 0.25) is 10.0 Å². The van der Waals surface area contributed by atoms with Crippen molar-refractivity contribution in [3.05, 3.63) is 23.8 Å². The lowest BCUT2D eigenvalue weighted by molar-refractivity contribution is 0.346. The van der Waals surface area contributed by atoms with Crippen LogP contribution in [0.3, 0.4) is 0 Å². The van der Waals surface area contributed by atoms with E-state index in [1.807, 2.05) is 23.9 Å². The average Bonchev–Trinajstić information content (AvgIpc) is 2.47. The highest BCUT2D eigenvalue weighted by Gasteiger charge is 2.26. The van der Waals surface area contributed by atoms with Crippen LogP contribution in [0.5, 0.6) is 0 Å². The average molecular weight is 297 g/mol. The molecule has 0 atom stereocenters. The van der Waals surface area contributed by atoms with E-state index in [1.54, 1.807) is 10.4 Å². The summed E-state index contributed by atoms with van der Waals surface area (Å²) in [6, 6.07) is 5.66. The number of hydrogen-bond acceptors (Lipinski definition) is 3. The number of hydrogen-bond donors (Lipinski definition) is 0. The summed E-state index contributed by atoms with van der Waals surface area (Å²) < 4.78 is 26.8. The lowest BCUT2D eigenvalue weighted by Gasteiger charge is -2.26. The van der Waals surface area contributed by atoms with Crippen molar-refractivity contribution in [2.75, 3.05) is 18.8 Å². The summed E-state index contributed by atoms with van der Waals surface area (Å²) in [4.78, 5) is 1.74. The zero-order valence-electron chi connectivity index (χ0n) is 11.0. The minimum atomic E-state index is -3.27. The Balaban J connectivity index is 1.92. The molecule has 1 aromatic rings. The van der Waals surface area contributed by atoms with Gasteiger partial charge in [0.1, 0.15) is 0 Å². The number of benzene rings is 1. The fraction of sp³-hybridized carbons (Fsp3) is 0.571. The summed E-state index contributed by atoms with van der Waals surface area (Å²) in [5.74, 6) is 1.14. The molecule has 2 heterocycles. The molecule has 2 aliphatic heterocycles. The first kappa shape index (κ1) is 13.5. The highest BCUT2D eigenvalue weighted by atomic mass is 32.2. The van der Waals surface area contributed by atoms with Gasteiger partial charge in [-0.1, -0.05) is 6.42 Å². The standard InChI is InChI=1S/C14H19NO2S2/c16-19(17,15-8-2-1-3-9-15)13-6-7-14-12(11-13)5-4-10-18-14/h6-7,11H,1-5,8-10H2. The number of thioether (sulfide) groups is 1. The van der Waals surface area contributed by atoms with Gasteiger partial charge in [0.15, 0.2) is 0 Å². The van der Waals surface area contributed by atoms with Crippen molar-refractivity contribution in [3.63, 3.8) is 0 Å².